The average molecular weight is 258 g/mol. The Labute approximate surface area is 120 Å². The van der Waals surface area contributed by atoms with Crippen molar-refractivity contribution in [3.63, 3.8) is 0 Å². The lowest BCUT2D eigenvalue weighted by molar-refractivity contribution is 0.928. The van der Waals surface area contributed by atoms with Crippen molar-refractivity contribution in [2.24, 2.45) is 0 Å². The molecule has 20 heavy (non-hydrogen) atoms. The van der Waals surface area contributed by atoms with Gasteiger partial charge in [0.15, 0.2) is 0 Å². The summed E-state index contributed by atoms with van der Waals surface area (Å²) in [4.78, 5) is 0. The molecule has 0 radical (unpaired) electrons. The highest BCUT2D eigenvalue weighted by atomic mass is 14.3. The quantitative estimate of drug-likeness (QED) is 0.669. The molecule has 0 aromatic heterocycles. The van der Waals surface area contributed by atoms with E-state index in [2.05, 4.69) is 60.7 Å². The third kappa shape index (κ3) is 1.84. The Hall–Kier alpha value is -2.08. The number of benzene rings is 2. The molecule has 0 aliphatic heterocycles. The van der Waals surface area contributed by atoms with Crippen molar-refractivity contribution in [3.05, 3.63) is 82.9 Å². The molecule has 2 aliphatic rings. The van der Waals surface area contributed by atoms with Crippen molar-refractivity contribution in [2.75, 3.05) is 0 Å². The van der Waals surface area contributed by atoms with Crippen molar-refractivity contribution >= 4 is 11.1 Å². The highest BCUT2D eigenvalue weighted by molar-refractivity contribution is 5.93. The van der Waals surface area contributed by atoms with E-state index in [9.17, 15) is 0 Å². The minimum atomic E-state index is 1.11. The zero-order valence-electron chi connectivity index (χ0n) is 11.6. The summed E-state index contributed by atoms with van der Waals surface area (Å²) in [5, 5.41) is 0. The SMILES string of the molecule is c1ccc(C2=C3CCCC3=C(c3ccccc3)C2)cc1. The summed E-state index contributed by atoms with van der Waals surface area (Å²) in [6, 6.07) is 21.8. The van der Waals surface area contributed by atoms with Crippen molar-refractivity contribution in [3.8, 4) is 0 Å². The van der Waals surface area contributed by atoms with Crippen molar-refractivity contribution in [1.29, 1.82) is 0 Å². The molecule has 1 saturated carbocycles. The molecule has 0 atom stereocenters. The second-order valence-electron chi connectivity index (χ2n) is 5.68. The van der Waals surface area contributed by atoms with Crippen molar-refractivity contribution in [2.45, 2.75) is 25.7 Å². The molecular formula is C20H18. The van der Waals surface area contributed by atoms with E-state index < -0.39 is 0 Å². The summed E-state index contributed by atoms with van der Waals surface area (Å²) in [6.07, 6.45) is 4.95. The molecule has 0 N–H and O–H groups in total. The molecule has 0 saturated heterocycles. The van der Waals surface area contributed by atoms with Crippen LogP contribution in [-0.4, -0.2) is 0 Å². The molecule has 0 heterocycles. The van der Waals surface area contributed by atoms with E-state index in [1.807, 2.05) is 0 Å². The van der Waals surface area contributed by atoms with Crippen LogP contribution >= 0.6 is 0 Å². The van der Waals surface area contributed by atoms with Crippen LogP contribution in [-0.2, 0) is 0 Å². The minimum absolute atomic E-state index is 1.11. The fourth-order valence-corrected chi connectivity index (χ4v) is 3.63. The number of allylic oxidation sites excluding steroid dienone is 4. The maximum Gasteiger partial charge on any atom is -0.000822 e. The van der Waals surface area contributed by atoms with Crippen LogP contribution < -0.4 is 0 Å². The van der Waals surface area contributed by atoms with Gasteiger partial charge in [-0.25, -0.2) is 0 Å². The Balaban J connectivity index is 1.79. The summed E-state index contributed by atoms with van der Waals surface area (Å²) >= 11 is 0. The monoisotopic (exact) mass is 258 g/mol. The van der Waals surface area contributed by atoms with Gasteiger partial charge in [-0.3, -0.25) is 0 Å². The van der Waals surface area contributed by atoms with Crippen LogP contribution in [0.2, 0.25) is 0 Å². The lowest BCUT2D eigenvalue weighted by Crippen LogP contribution is -1.86. The normalized spacial score (nSPS) is 17.8. The zero-order valence-corrected chi connectivity index (χ0v) is 11.6. The van der Waals surface area contributed by atoms with Gasteiger partial charge in [0, 0.05) is 0 Å². The van der Waals surface area contributed by atoms with Gasteiger partial charge >= 0.3 is 0 Å². The standard InChI is InChI=1S/C20H18/c1-3-8-15(9-4-1)19-14-20(16-10-5-2-6-11-16)18-13-7-12-17(18)19/h1-6,8-11H,7,12-14H2. The van der Waals surface area contributed by atoms with Crippen LogP contribution in [0, 0.1) is 0 Å². The minimum Gasteiger partial charge on any atom is -0.0622 e. The van der Waals surface area contributed by atoms with Crippen molar-refractivity contribution < 1.29 is 0 Å². The van der Waals surface area contributed by atoms with Crippen LogP contribution in [0.4, 0.5) is 0 Å². The van der Waals surface area contributed by atoms with Crippen molar-refractivity contribution in [1.82, 2.24) is 0 Å². The van der Waals surface area contributed by atoms with Gasteiger partial charge in [0.2, 0.25) is 0 Å². The second-order valence-corrected chi connectivity index (χ2v) is 5.68. The maximum atomic E-state index is 2.26. The molecule has 0 unspecified atom stereocenters. The largest absolute Gasteiger partial charge is 0.0622 e. The Morgan fingerprint density at radius 1 is 0.500 bits per heavy atom. The Kier molecular flexibility index (Phi) is 2.81. The highest BCUT2D eigenvalue weighted by Gasteiger charge is 2.28. The fraction of sp³-hybridized carbons (Fsp3) is 0.200. The van der Waals surface area contributed by atoms with Crippen LogP contribution in [0.25, 0.3) is 11.1 Å². The van der Waals surface area contributed by atoms with Crippen LogP contribution in [0.5, 0.6) is 0 Å². The number of hydrogen-bond acceptors (Lipinski definition) is 0. The van der Waals surface area contributed by atoms with E-state index >= 15 is 0 Å². The van der Waals surface area contributed by atoms with Gasteiger partial charge < -0.3 is 0 Å². The third-order valence-corrected chi connectivity index (χ3v) is 4.54. The molecule has 0 heteroatoms. The van der Waals surface area contributed by atoms with E-state index in [0.29, 0.717) is 0 Å². The van der Waals surface area contributed by atoms with E-state index in [4.69, 9.17) is 0 Å². The first-order chi connectivity index (χ1) is 9.93. The lowest BCUT2D eigenvalue weighted by Gasteiger charge is -2.08. The number of fused-ring (bicyclic) bond motifs is 1. The summed E-state index contributed by atoms with van der Waals surface area (Å²) in [7, 11) is 0. The predicted octanol–water partition coefficient (Wildman–Crippen LogP) is 5.48. The van der Waals surface area contributed by atoms with E-state index in [0.717, 1.165) is 6.42 Å². The molecule has 0 nitrogen and oxygen atoms in total. The molecular weight excluding hydrogens is 240 g/mol. The smallest absolute Gasteiger partial charge is 0.000822 e. The number of hydrogen-bond donors (Lipinski definition) is 0. The molecule has 2 aromatic carbocycles. The summed E-state index contributed by atoms with van der Waals surface area (Å²) < 4.78 is 0. The zero-order chi connectivity index (χ0) is 13.4. The predicted molar refractivity (Wildman–Crippen MR) is 85.2 cm³/mol. The van der Waals surface area contributed by atoms with Crippen LogP contribution in [0.1, 0.15) is 36.8 Å². The fourth-order valence-electron chi connectivity index (χ4n) is 3.63. The second kappa shape index (κ2) is 4.79. The Morgan fingerprint density at radius 2 is 0.950 bits per heavy atom. The first kappa shape index (κ1) is 11.7. The molecule has 2 aromatic rings. The van der Waals surface area contributed by atoms with E-state index in [-0.39, 0.29) is 0 Å². The lowest BCUT2D eigenvalue weighted by atomic mass is 9.96. The Bertz CT molecular complexity index is 626. The molecule has 1 fully saturated rings. The van der Waals surface area contributed by atoms with Crippen LogP contribution in [0.3, 0.4) is 0 Å². The highest BCUT2D eigenvalue weighted by Crippen LogP contribution is 2.49. The van der Waals surface area contributed by atoms with E-state index in [1.165, 1.54) is 30.4 Å². The van der Waals surface area contributed by atoms with E-state index in [1.54, 1.807) is 22.3 Å². The average Bonchev–Trinajstić information content (AvgIpc) is 3.11. The first-order valence-electron chi connectivity index (χ1n) is 7.49. The summed E-state index contributed by atoms with van der Waals surface area (Å²) in [6.45, 7) is 0. The van der Waals surface area contributed by atoms with Crippen LogP contribution in [0.15, 0.2) is 71.8 Å². The molecule has 0 bridgehead atoms. The summed E-state index contributed by atoms with van der Waals surface area (Å²) in [5.74, 6) is 0. The maximum absolute atomic E-state index is 2.26. The summed E-state index contributed by atoms with van der Waals surface area (Å²) in [5.41, 5.74) is 9.22. The molecule has 0 spiro atoms. The topological polar surface area (TPSA) is 0 Å². The van der Waals surface area contributed by atoms with Gasteiger partial charge in [0.1, 0.15) is 0 Å². The van der Waals surface area contributed by atoms with Gasteiger partial charge in [-0.2, -0.15) is 0 Å². The third-order valence-electron chi connectivity index (χ3n) is 4.54. The molecule has 2 aliphatic carbocycles. The van der Waals surface area contributed by atoms with Gasteiger partial charge in [0.25, 0.3) is 0 Å². The molecule has 4 rings (SSSR count). The van der Waals surface area contributed by atoms with Gasteiger partial charge in [-0.1, -0.05) is 60.7 Å². The van der Waals surface area contributed by atoms with Gasteiger partial charge in [-0.15, -0.1) is 0 Å². The van der Waals surface area contributed by atoms with Gasteiger partial charge in [0.05, 0.1) is 0 Å². The molecule has 98 valence electrons. The van der Waals surface area contributed by atoms with Gasteiger partial charge in [-0.05, 0) is 59.1 Å². The molecule has 0 amide bonds. The number of rotatable bonds is 2. The first-order valence-corrected chi connectivity index (χ1v) is 7.49. The Morgan fingerprint density at radius 3 is 1.40 bits per heavy atom.